The van der Waals surface area contributed by atoms with Gasteiger partial charge in [0.05, 0.1) is 5.56 Å². The molecule has 0 heterocycles. The van der Waals surface area contributed by atoms with Gasteiger partial charge in [0.15, 0.2) is 0 Å². The van der Waals surface area contributed by atoms with Crippen LogP contribution in [0.25, 0.3) is 0 Å². The first-order valence-corrected chi connectivity index (χ1v) is 5.84. The van der Waals surface area contributed by atoms with E-state index in [9.17, 15) is 13.2 Å². The second-order valence-corrected chi connectivity index (χ2v) is 3.86. The van der Waals surface area contributed by atoms with Crippen LogP contribution in [0.5, 0.6) is 0 Å². The van der Waals surface area contributed by atoms with Crippen molar-refractivity contribution in [2.45, 2.75) is 39.0 Å². The Bertz CT molecular complexity index is 388. The summed E-state index contributed by atoms with van der Waals surface area (Å²) in [5.74, 6) is 0. The maximum absolute atomic E-state index is 12.6. The number of nitrogens with zero attached hydrogens (tertiary/aromatic N) is 1. The molecule has 0 fully saturated rings. The van der Waals surface area contributed by atoms with E-state index in [-0.39, 0.29) is 12.2 Å². The minimum Gasteiger partial charge on any atom is -0.391 e. The number of halogens is 3. The van der Waals surface area contributed by atoms with Crippen molar-refractivity contribution in [1.82, 2.24) is 0 Å². The summed E-state index contributed by atoms with van der Waals surface area (Å²) in [5.41, 5.74) is -0.577. The lowest BCUT2D eigenvalue weighted by Crippen LogP contribution is -2.09. The standard InChI is InChI=1S/C13H16F3NO/c1-2-3-6-9-17-18-10-11-7-4-5-8-12(11)13(14,15)16/h4-5,7-9H,2-3,6,10H2,1H3. The van der Waals surface area contributed by atoms with Crippen molar-refractivity contribution >= 4 is 6.21 Å². The number of rotatable bonds is 6. The second kappa shape index (κ2) is 7.03. The third-order valence-corrected chi connectivity index (χ3v) is 2.38. The Morgan fingerprint density at radius 3 is 2.67 bits per heavy atom. The maximum atomic E-state index is 12.6. The van der Waals surface area contributed by atoms with E-state index in [0.29, 0.717) is 0 Å². The highest BCUT2D eigenvalue weighted by molar-refractivity contribution is 5.56. The monoisotopic (exact) mass is 259 g/mol. The van der Waals surface area contributed by atoms with Gasteiger partial charge in [0, 0.05) is 11.8 Å². The quantitative estimate of drug-likeness (QED) is 0.421. The van der Waals surface area contributed by atoms with Gasteiger partial charge < -0.3 is 4.84 Å². The van der Waals surface area contributed by atoms with Gasteiger partial charge in [0.1, 0.15) is 6.61 Å². The topological polar surface area (TPSA) is 21.6 Å². The summed E-state index contributed by atoms with van der Waals surface area (Å²) in [6, 6.07) is 5.34. The molecule has 0 atom stereocenters. The molecule has 0 aliphatic carbocycles. The number of benzene rings is 1. The van der Waals surface area contributed by atoms with Gasteiger partial charge in [-0.15, -0.1) is 0 Å². The van der Waals surface area contributed by atoms with Crippen molar-refractivity contribution in [2.24, 2.45) is 5.16 Å². The maximum Gasteiger partial charge on any atom is 0.416 e. The van der Waals surface area contributed by atoms with E-state index in [1.165, 1.54) is 12.1 Å². The van der Waals surface area contributed by atoms with Crippen LogP contribution in [0.4, 0.5) is 13.2 Å². The molecule has 1 aromatic carbocycles. The highest BCUT2D eigenvalue weighted by Crippen LogP contribution is 2.32. The van der Waals surface area contributed by atoms with Gasteiger partial charge in [0.2, 0.25) is 0 Å². The van der Waals surface area contributed by atoms with Gasteiger partial charge in [0.25, 0.3) is 0 Å². The molecule has 0 saturated heterocycles. The van der Waals surface area contributed by atoms with Gasteiger partial charge in [-0.3, -0.25) is 0 Å². The molecule has 1 aromatic rings. The summed E-state index contributed by atoms with van der Waals surface area (Å²) >= 11 is 0. The molecule has 0 radical (unpaired) electrons. The number of oxime groups is 1. The average Bonchev–Trinajstić information content (AvgIpc) is 2.33. The summed E-state index contributed by atoms with van der Waals surface area (Å²) in [5, 5.41) is 3.63. The smallest absolute Gasteiger partial charge is 0.391 e. The number of hydrogen-bond acceptors (Lipinski definition) is 2. The molecule has 0 spiro atoms. The van der Waals surface area contributed by atoms with Crippen LogP contribution >= 0.6 is 0 Å². The zero-order valence-corrected chi connectivity index (χ0v) is 10.2. The summed E-state index contributed by atoms with van der Waals surface area (Å²) in [6.07, 6.45) is 0.0396. The third kappa shape index (κ3) is 4.77. The van der Waals surface area contributed by atoms with E-state index in [1.54, 1.807) is 12.3 Å². The molecule has 0 amide bonds. The number of hydrogen-bond donors (Lipinski definition) is 0. The van der Waals surface area contributed by atoms with Crippen LogP contribution in [0.1, 0.15) is 37.3 Å². The second-order valence-electron chi connectivity index (χ2n) is 3.86. The molecule has 0 unspecified atom stereocenters. The lowest BCUT2D eigenvalue weighted by Gasteiger charge is -2.11. The van der Waals surface area contributed by atoms with Gasteiger partial charge >= 0.3 is 6.18 Å². The molecule has 0 N–H and O–H groups in total. The highest BCUT2D eigenvalue weighted by atomic mass is 19.4. The predicted molar refractivity (Wildman–Crippen MR) is 64.3 cm³/mol. The predicted octanol–water partition coefficient (Wildman–Crippen LogP) is 4.40. The molecular formula is C13H16F3NO. The Kier molecular flexibility index (Phi) is 5.68. The Hall–Kier alpha value is -1.52. The Morgan fingerprint density at radius 1 is 1.28 bits per heavy atom. The molecule has 2 nitrogen and oxygen atoms in total. The fourth-order valence-electron chi connectivity index (χ4n) is 1.43. The van der Waals surface area contributed by atoms with Crippen molar-refractivity contribution in [1.29, 1.82) is 0 Å². The van der Waals surface area contributed by atoms with Gasteiger partial charge in [-0.05, 0) is 18.9 Å². The van der Waals surface area contributed by atoms with Crippen LogP contribution in [-0.2, 0) is 17.6 Å². The zero-order valence-electron chi connectivity index (χ0n) is 10.2. The SMILES string of the molecule is CCCCC=NOCc1ccccc1C(F)(F)F. The Balaban J connectivity index is 2.55. The van der Waals surface area contributed by atoms with Gasteiger partial charge in [-0.1, -0.05) is 36.7 Å². The van der Waals surface area contributed by atoms with Crippen molar-refractivity contribution in [3.8, 4) is 0 Å². The molecular weight excluding hydrogens is 243 g/mol. The van der Waals surface area contributed by atoms with Crippen LogP contribution in [0.3, 0.4) is 0 Å². The summed E-state index contributed by atoms with van der Waals surface area (Å²) in [7, 11) is 0. The molecule has 0 saturated carbocycles. The number of unbranched alkanes of at least 4 members (excludes halogenated alkanes) is 2. The Labute approximate surface area is 104 Å². The summed E-state index contributed by atoms with van der Waals surface area (Å²) < 4.78 is 37.9. The molecule has 5 heteroatoms. The first-order chi connectivity index (χ1) is 8.55. The molecule has 0 aliphatic rings. The summed E-state index contributed by atoms with van der Waals surface area (Å²) in [6.45, 7) is 1.88. The van der Waals surface area contributed by atoms with Crippen LogP contribution in [-0.4, -0.2) is 6.21 Å². The highest BCUT2D eigenvalue weighted by Gasteiger charge is 2.32. The van der Waals surface area contributed by atoms with Gasteiger partial charge in [-0.25, -0.2) is 0 Å². The van der Waals surface area contributed by atoms with Crippen LogP contribution < -0.4 is 0 Å². The molecule has 0 aliphatic heterocycles. The van der Waals surface area contributed by atoms with Crippen LogP contribution in [0.2, 0.25) is 0 Å². The Morgan fingerprint density at radius 2 is 2.00 bits per heavy atom. The van der Waals surface area contributed by atoms with Crippen molar-refractivity contribution in [2.75, 3.05) is 0 Å². The van der Waals surface area contributed by atoms with Crippen LogP contribution in [0.15, 0.2) is 29.4 Å². The van der Waals surface area contributed by atoms with E-state index in [2.05, 4.69) is 5.16 Å². The van der Waals surface area contributed by atoms with E-state index >= 15 is 0 Å². The largest absolute Gasteiger partial charge is 0.416 e. The normalized spacial score (nSPS) is 12.0. The van der Waals surface area contributed by atoms with Crippen molar-refractivity contribution < 1.29 is 18.0 Å². The minimum atomic E-state index is -4.36. The third-order valence-electron chi connectivity index (χ3n) is 2.38. The lowest BCUT2D eigenvalue weighted by atomic mass is 10.1. The molecule has 0 bridgehead atoms. The minimum absolute atomic E-state index is 0.0950. The molecule has 100 valence electrons. The van der Waals surface area contributed by atoms with E-state index in [4.69, 9.17) is 4.84 Å². The number of alkyl halides is 3. The molecule has 18 heavy (non-hydrogen) atoms. The lowest BCUT2D eigenvalue weighted by molar-refractivity contribution is -0.138. The van der Waals surface area contributed by atoms with E-state index < -0.39 is 11.7 Å². The van der Waals surface area contributed by atoms with E-state index in [1.807, 2.05) is 6.92 Å². The summed E-state index contributed by atoms with van der Waals surface area (Å²) in [4.78, 5) is 4.87. The van der Waals surface area contributed by atoms with Crippen LogP contribution in [0, 0.1) is 0 Å². The fourth-order valence-corrected chi connectivity index (χ4v) is 1.43. The zero-order chi connectivity index (χ0) is 13.4. The average molecular weight is 259 g/mol. The van der Waals surface area contributed by atoms with Gasteiger partial charge in [-0.2, -0.15) is 13.2 Å². The van der Waals surface area contributed by atoms with Crippen molar-refractivity contribution in [3.05, 3.63) is 35.4 Å². The molecule has 1 rings (SSSR count). The van der Waals surface area contributed by atoms with E-state index in [0.717, 1.165) is 25.3 Å². The first kappa shape index (κ1) is 14.5. The fraction of sp³-hybridized carbons (Fsp3) is 0.462. The molecule has 0 aromatic heterocycles. The first-order valence-electron chi connectivity index (χ1n) is 5.84. The van der Waals surface area contributed by atoms with Crippen molar-refractivity contribution in [3.63, 3.8) is 0 Å².